The van der Waals surface area contributed by atoms with E-state index in [4.69, 9.17) is 5.10 Å². The SMILES string of the molecule is O=C(c1nn(-c2ccc(F)cc2)c2c1CCCC2)N1CCSc2ccccc21. The number of nitrogens with zero attached hydrogens (tertiary/aromatic N) is 3. The van der Waals surface area contributed by atoms with Gasteiger partial charge in [0, 0.05) is 28.5 Å². The summed E-state index contributed by atoms with van der Waals surface area (Å²) in [5.74, 6) is 0.569. The third-order valence-electron chi connectivity index (χ3n) is 5.43. The van der Waals surface area contributed by atoms with Crippen LogP contribution in [0.4, 0.5) is 10.1 Å². The Morgan fingerprint density at radius 3 is 2.68 bits per heavy atom. The molecule has 3 aromatic rings. The zero-order valence-corrected chi connectivity index (χ0v) is 16.2. The number of carbonyl (C=O) groups excluding carboxylic acids is 1. The minimum absolute atomic E-state index is 0.0354. The van der Waals surface area contributed by atoms with Gasteiger partial charge < -0.3 is 4.90 Å². The number of fused-ring (bicyclic) bond motifs is 2. The molecule has 142 valence electrons. The monoisotopic (exact) mass is 393 g/mol. The Morgan fingerprint density at radius 1 is 1.04 bits per heavy atom. The van der Waals surface area contributed by atoms with E-state index in [0.29, 0.717) is 12.2 Å². The summed E-state index contributed by atoms with van der Waals surface area (Å²) in [6, 6.07) is 14.4. The van der Waals surface area contributed by atoms with Gasteiger partial charge >= 0.3 is 0 Å². The lowest BCUT2D eigenvalue weighted by Crippen LogP contribution is -2.36. The molecule has 0 fully saturated rings. The maximum atomic E-state index is 13.5. The fourth-order valence-corrected chi connectivity index (χ4v) is 5.07. The van der Waals surface area contributed by atoms with Crippen molar-refractivity contribution < 1.29 is 9.18 Å². The van der Waals surface area contributed by atoms with Crippen LogP contribution in [0.1, 0.15) is 34.6 Å². The lowest BCUT2D eigenvalue weighted by Gasteiger charge is -2.28. The van der Waals surface area contributed by atoms with Gasteiger partial charge in [0.25, 0.3) is 5.91 Å². The van der Waals surface area contributed by atoms with Crippen LogP contribution < -0.4 is 4.90 Å². The van der Waals surface area contributed by atoms with Crippen molar-refractivity contribution in [3.63, 3.8) is 0 Å². The van der Waals surface area contributed by atoms with E-state index >= 15 is 0 Å². The van der Waals surface area contributed by atoms with Crippen LogP contribution in [-0.4, -0.2) is 28.0 Å². The largest absolute Gasteiger partial charge is 0.305 e. The van der Waals surface area contributed by atoms with Gasteiger partial charge in [-0.2, -0.15) is 5.10 Å². The van der Waals surface area contributed by atoms with Crippen molar-refractivity contribution in [1.29, 1.82) is 0 Å². The van der Waals surface area contributed by atoms with Gasteiger partial charge in [0.15, 0.2) is 5.69 Å². The Hall–Kier alpha value is -2.60. The van der Waals surface area contributed by atoms with Crippen LogP contribution in [-0.2, 0) is 12.8 Å². The van der Waals surface area contributed by atoms with Gasteiger partial charge in [0.1, 0.15) is 5.82 Å². The van der Waals surface area contributed by atoms with Gasteiger partial charge in [0.05, 0.1) is 11.4 Å². The van der Waals surface area contributed by atoms with Crippen molar-refractivity contribution in [2.45, 2.75) is 30.6 Å². The molecular weight excluding hydrogens is 373 g/mol. The Kier molecular flexibility index (Phi) is 4.43. The van der Waals surface area contributed by atoms with E-state index in [1.54, 1.807) is 23.9 Å². The zero-order valence-electron chi connectivity index (χ0n) is 15.4. The summed E-state index contributed by atoms with van der Waals surface area (Å²) in [7, 11) is 0. The predicted octanol–water partition coefficient (Wildman–Crippen LogP) is 4.64. The van der Waals surface area contributed by atoms with Gasteiger partial charge in [0.2, 0.25) is 0 Å². The summed E-state index contributed by atoms with van der Waals surface area (Å²) in [4.78, 5) is 16.5. The van der Waals surface area contributed by atoms with E-state index in [-0.39, 0.29) is 11.7 Å². The molecular formula is C22H20FN3OS. The fourth-order valence-electron chi connectivity index (χ4n) is 4.07. The second-order valence-corrected chi connectivity index (χ2v) is 8.28. The summed E-state index contributed by atoms with van der Waals surface area (Å²) >= 11 is 1.78. The van der Waals surface area contributed by atoms with Crippen LogP contribution in [0.3, 0.4) is 0 Å². The molecule has 28 heavy (non-hydrogen) atoms. The van der Waals surface area contributed by atoms with Crippen LogP contribution in [0.25, 0.3) is 5.69 Å². The van der Waals surface area contributed by atoms with E-state index in [9.17, 15) is 9.18 Å². The van der Waals surface area contributed by atoms with Crippen molar-refractivity contribution in [3.8, 4) is 5.69 Å². The highest BCUT2D eigenvalue weighted by Gasteiger charge is 2.31. The van der Waals surface area contributed by atoms with Gasteiger partial charge in [-0.1, -0.05) is 12.1 Å². The van der Waals surface area contributed by atoms with Gasteiger partial charge in [-0.05, 0) is 62.1 Å². The average molecular weight is 393 g/mol. The number of carbonyl (C=O) groups is 1. The summed E-state index contributed by atoms with van der Waals surface area (Å²) in [5.41, 5.74) is 4.44. The number of anilines is 1. The topological polar surface area (TPSA) is 38.1 Å². The van der Waals surface area contributed by atoms with Crippen molar-refractivity contribution in [1.82, 2.24) is 9.78 Å². The van der Waals surface area contributed by atoms with Crippen LogP contribution in [0.5, 0.6) is 0 Å². The maximum Gasteiger partial charge on any atom is 0.279 e. The normalized spacial score (nSPS) is 15.8. The molecule has 2 aliphatic rings. The molecule has 0 atom stereocenters. The number of halogens is 1. The van der Waals surface area contributed by atoms with E-state index in [0.717, 1.165) is 59.0 Å². The Bertz CT molecular complexity index is 1040. The number of hydrogen-bond acceptors (Lipinski definition) is 3. The first-order chi connectivity index (χ1) is 13.7. The van der Waals surface area contributed by atoms with Crippen LogP contribution in [0.15, 0.2) is 53.4 Å². The highest BCUT2D eigenvalue weighted by atomic mass is 32.2. The van der Waals surface area contributed by atoms with Crippen LogP contribution in [0.2, 0.25) is 0 Å². The predicted molar refractivity (Wildman–Crippen MR) is 109 cm³/mol. The number of rotatable bonds is 2. The summed E-state index contributed by atoms with van der Waals surface area (Å²) in [6.45, 7) is 0.679. The molecule has 6 heteroatoms. The summed E-state index contributed by atoms with van der Waals surface area (Å²) < 4.78 is 15.2. The summed E-state index contributed by atoms with van der Waals surface area (Å²) in [5, 5.41) is 4.74. The first-order valence-electron chi connectivity index (χ1n) is 9.63. The Labute approximate surface area is 167 Å². The van der Waals surface area contributed by atoms with Crippen molar-refractivity contribution in [2.24, 2.45) is 0 Å². The summed E-state index contributed by atoms with van der Waals surface area (Å²) in [6.07, 6.45) is 3.90. The molecule has 1 aromatic heterocycles. The van der Waals surface area contributed by atoms with E-state index in [2.05, 4.69) is 6.07 Å². The van der Waals surface area contributed by atoms with Gasteiger partial charge in [-0.3, -0.25) is 4.79 Å². The molecule has 0 unspecified atom stereocenters. The van der Waals surface area contributed by atoms with E-state index < -0.39 is 0 Å². The fraction of sp³-hybridized carbons (Fsp3) is 0.273. The van der Waals surface area contributed by atoms with Crippen LogP contribution >= 0.6 is 11.8 Å². The molecule has 0 saturated carbocycles. The lowest BCUT2D eigenvalue weighted by molar-refractivity contribution is 0.0981. The lowest BCUT2D eigenvalue weighted by atomic mass is 9.95. The first kappa shape index (κ1) is 17.5. The molecule has 1 aliphatic carbocycles. The maximum absolute atomic E-state index is 13.5. The quantitative estimate of drug-likeness (QED) is 0.636. The van der Waals surface area contributed by atoms with Gasteiger partial charge in [-0.15, -0.1) is 11.8 Å². The van der Waals surface area contributed by atoms with Gasteiger partial charge in [-0.25, -0.2) is 9.07 Å². The Morgan fingerprint density at radius 2 is 1.82 bits per heavy atom. The van der Waals surface area contributed by atoms with Crippen molar-refractivity contribution >= 4 is 23.4 Å². The third kappa shape index (κ3) is 2.92. The molecule has 0 saturated heterocycles. The second-order valence-electron chi connectivity index (χ2n) is 7.14. The van der Waals surface area contributed by atoms with Crippen molar-refractivity contribution in [3.05, 3.63) is 71.3 Å². The number of para-hydroxylation sites is 1. The van der Waals surface area contributed by atoms with Crippen molar-refractivity contribution in [2.75, 3.05) is 17.2 Å². The molecule has 5 rings (SSSR count). The highest BCUT2D eigenvalue weighted by Crippen LogP contribution is 2.36. The molecule has 0 spiro atoms. The zero-order chi connectivity index (χ0) is 19.1. The average Bonchev–Trinajstić information content (AvgIpc) is 3.13. The number of aromatic nitrogens is 2. The molecule has 0 N–H and O–H groups in total. The number of thioether (sulfide) groups is 1. The molecule has 4 nitrogen and oxygen atoms in total. The second kappa shape index (κ2) is 7.09. The number of benzene rings is 2. The first-order valence-corrected chi connectivity index (χ1v) is 10.6. The van der Waals surface area contributed by atoms with Crippen LogP contribution in [0, 0.1) is 5.82 Å². The minimum atomic E-state index is -0.275. The Balaban J connectivity index is 1.59. The number of amides is 1. The molecule has 2 aromatic carbocycles. The standard InChI is InChI=1S/C22H20FN3OS/c23-15-9-11-16(12-10-15)26-18-6-2-1-5-17(18)21(24-26)22(27)25-13-14-28-20-8-4-3-7-19(20)25/h3-4,7-12H,1-2,5-6,13-14H2. The molecule has 1 aliphatic heterocycles. The molecule has 2 heterocycles. The van der Waals surface area contributed by atoms with E-state index in [1.807, 2.05) is 27.8 Å². The smallest absolute Gasteiger partial charge is 0.279 e. The molecule has 0 bridgehead atoms. The van der Waals surface area contributed by atoms with E-state index in [1.165, 1.54) is 12.1 Å². The molecule has 1 amide bonds. The third-order valence-corrected chi connectivity index (χ3v) is 6.47. The number of hydrogen-bond donors (Lipinski definition) is 0. The highest BCUT2D eigenvalue weighted by molar-refractivity contribution is 7.99. The minimum Gasteiger partial charge on any atom is -0.305 e. The molecule has 0 radical (unpaired) electrons.